The Labute approximate surface area is 243 Å². The summed E-state index contributed by atoms with van der Waals surface area (Å²) in [6.45, 7) is 2.78. The smallest absolute Gasteiger partial charge is 0.417 e. The molecule has 240 valence electrons. The summed E-state index contributed by atoms with van der Waals surface area (Å²) >= 11 is 0. The Kier molecular flexibility index (Phi) is 10.4. The van der Waals surface area contributed by atoms with E-state index in [9.17, 15) is 58.7 Å². The van der Waals surface area contributed by atoms with E-state index in [1.54, 1.807) is 4.83 Å². The van der Waals surface area contributed by atoms with Crippen LogP contribution in [-0.4, -0.2) is 49.0 Å². The van der Waals surface area contributed by atoms with Crippen LogP contribution < -0.4 is 21.8 Å². The van der Waals surface area contributed by atoms with Gasteiger partial charge in [-0.25, -0.2) is 22.8 Å². The van der Waals surface area contributed by atoms with E-state index in [0.717, 1.165) is 13.2 Å². The van der Waals surface area contributed by atoms with Crippen molar-refractivity contribution in [2.24, 2.45) is 0 Å². The van der Waals surface area contributed by atoms with Crippen molar-refractivity contribution >= 4 is 44.1 Å². The van der Waals surface area contributed by atoms with Crippen LogP contribution >= 0.6 is 0 Å². The van der Waals surface area contributed by atoms with Crippen LogP contribution in [0.25, 0.3) is 10.9 Å². The molecule has 0 unspecified atom stereocenters. The summed E-state index contributed by atoms with van der Waals surface area (Å²) in [6, 6.07) is 2.58. The monoisotopic (exact) mass is 654 g/mol. The van der Waals surface area contributed by atoms with Crippen LogP contribution in [0.3, 0.4) is 0 Å². The minimum Gasteiger partial charge on any atom is -0.465 e. The lowest BCUT2D eigenvalue weighted by molar-refractivity contribution is -0.138. The number of methoxy groups -OCH3 is 1. The summed E-state index contributed by atoms with van der Waals surface area (Å²) in [7, 11) is -2.94. The van der Waals surface area contributed by atoms with E-state index in [0.29, 0.717) is 24.5 Å². The van der Waals surface area contributed by atoms with Crippen LogP contribution in [0, 0.1) is 0 Å². The first-order valence-corrected chi connectivity index (χ1v) is 14.0. The molecule has 19 heteroatoms. The Morgan fingerprint density at radius 2 is 1.36 bits per heavy atom. The molecule has 0 amide bonds. The normalized spacial score (nSPS) is 11.9. The molecule has 0 spiro atoms. The third kappa shape index (κ3) is 8.03. The molecule has 0 aliphatic rings. The van der Waals surface area contributed by atoms with E-state index in [2.05, 4.69) is 4.74 Å². The van der Waals surface area contributed by atoms with Gasteiger partial charge in [-0.15, -0.1) is 0 Å². The van der Waals surface area contributed by atoms with Crippen molar-refractivity contribution < 1.29 is 53.9 Å². The molecule has 0 saturated heterocycles. The second-order valence-corrected chi connectivity index (χ2v) is 10.6. The van der Waals surface area contributed by atoms with Crippen molar-refractivity contribution in [2.75, 3.05) is 23.9 Å². The van der Waals surface area contributed by atoms with Crippen LogP contribution in [0.15, 0.2) is 33.9 Å². The van der Waals surface area contributed by atoms with E-state index < -0.39 is 84.3 Å². The molecule has 0 aliphatic carbocycles. The highest BCUT2D eigenvalue weighted by Crippen LogP contribution is 2.36. The van der Waals surface area contributed by atoms with Gasteiger partial charge in [0.2, 0.25) is 10.0 Å². The Bertz CT molecular complexity index is 1860. The fraction of sp³-hybridized carbons (Fsp3) is 0.320. The van der Waals surface area contributed by atoms with Crippen molar-refractivity contribution in [3.05, 3.63) is 72.9 Å². The highest BCUT2D eigenvalue weighted by molar-refractivity contribution is 7.91. The molecule has 0 aliphatic heterocycles. The van der Waals surface area contributed by atoms with Gasteiger partial charge in [0.05, 0.1) is 41.0 Å². The first-order valence-electron chi connectivity index (χ1n) is 12.1. The molecule has 1 heterocycles. The second-order valence-electron chi connectivity index (χ2n) is 8.90. The van der Waals surface area contributed by atoms with Gasteiger partial charge in [0.1, 0.15) is 0 Å². The molecule has 44 heavy (non-hydrogen) atoms. The zero-order valence-electron chi connectivity index (χ0n) is 23.2. The fourth-order valence-corrected chi connectivity index (χ4v) is 4.22. The molecular formula is C25H24F6N4O8S. The number of carbonyl (C=O) groups is 3. The minimum atomic E-state index is -4.88. The fourth-order valence-electron chi connectivity index (χ4n) is 3.73. The lowest BCUT2D eigenvalue weighted by Gasteiger charge is -2.14. The molecule has 4 N–H and O–H groups in total. The second kappa shape index (κ2) is 12.9. The number of nitrogens with one attached hydrogen (secondary N) is 2. The maximum atomic E-state index is 13.2. The number of benzene rings is 2. The van der Waals surface area contributed by atoms with Crippen LogP contribution in [0.4, 0.5) is 32.0 Å². The van der Waals surface area contributed by atoms with Crippen molar-refractivity contribution in [1.82, 2.24) is 9.66 Å². The number of ether oxygens (including phenoxy) is 1. The van der Waals surface area contributed by atoms with Crippen LogP contribution in [0.2, 0.25) is 0 Å². The number of anilines is 1. The van der Waals surface area contributed by atoms with Crippen molar-refractivity contribution in [2.45, 2.75) is 39.0 Å². The highest BCUT2D eigenvalue weighted by Gasteiger charge is 2.37. The summed E-state index contributed by atoms with van der Waals surface area (Å²) in [6.07, 6.45) is -9.28. The van der Waals surface area contributed by atoms with E-state index in [-0.39, 0.29) is 28.8 Å². The SMILES string of the molecule is CCC(=O)c1cc(C(=O)OC)c(N)cc1C(F)(F)F.CCC(=O)c1cc2c(=O)n(NS(C)(=O)=O)c(=O)[nH]c2cc1C(F)(F)F. The van der Waals surface area contributed by atoms with E-state index in [1.165, 1.54) is 13.8 Å². The topological polar surface area (TPSA) is 187 Å². The van der Waals surface area contributed by atoms with Gasteiger partial charge < -0.3 is 15.5 Å². The lowest BCUT2D eigenvalue weighted by Crippen LogP contribution is -2.43. The summed E-state index contributed by atoms with van der Waals surface area (Å²) in [5, 5.41) is -0.444. The number of Topliss-reactive ketones (excluding diaryl/α,β-unsaturated/α-hetero) is 2. The molecular weight excluding hydrogens is 630 g/mol. The number of nitrogen functional groups attached to an aromatic ring is 1. The number of ketones is 2. The summed E-state index contributed by atoms with van der Waals surface area (Å²) in [5.74, 6) is -2.48. The number of carbonyl (C=O) groups excluding carboxylic acids is 3. The number of H-pyrrole nitrogens is 1. The zero-order valence-corrected chi connectivity index (χ0v) is 24.0. The Morgan fingerprint density at radius 3 is 1.80 bits per heavy atom. The molecule has 0 saturated carbocycles. The van der Waals surface area contributed by atoms with Gasteiger partial charge in [0.15, 0.2) is 11.6 Å². The molecule has 3 aromatic rings. The van der Waals surface area contributed by atoms with Crippen molar-refractivity contribution in [3.63, 3.8) is 0 Å². The summed E-state index contributed by atoms with van der Waals surface area (Å²) in [4.78, 5) is 62.5. The van der Waals surface area contributed by atoms with Gasteiger partial charge in [0, 0.05) is 29.7 Å². The summed E-state index contributed by atoms with van der Waals surface area (Å²) < 4.78 is 105. The number of alkyl halides is 6. The molecule has 12 nitrogen and oxygen atoms in total. The number of hydrogen-bond donors (Lipinski definition) is 3. The molecule has 0 bridgehead atoms. The van der Waals surface area contributed by atoms with E-state index in [1.807, 2.05) is 4.98 Å². The van der Waals surface area contributed by atoms with Gasteiger partial charge in [-0.3, -0.25) is 14.4 Å². The number of nitrogens with two attached hydrogens (primary N) is 1. The third-order valence-corrected chi connectivity index (χ3v) is 6.26. The lowest BCUT2D eigenvalue weighted by atomic mass is 9.97. The largest absolute Gasteiger partial charge is 0.465 e. The van der Waals surface area contributed by atoms with Gasteiger partial charge in [0.25, 0.3) is 5.56 Å². The zero-order chi connectivity index (χ0) is 33.9. The van der Waals surface area contributed by atoms with Gasteiger partial charge in [-0.05, 0) is 24.3 Å². The first kappa shape index (κ1) is 35.5. The first-order chi connectivity index (χ1) is 20.1. The molecule has 0 atom stereocenters. The van der Waals surface area contributed by atoms with Crippen LogP contribution in [0.5, 0.6) is 0 Å². The number of sulfonamides is 1. The predicted octanol–water partition coefficient (Wildman–Crippen LogP) is 3.47. The average Bonchev–Trinajstić information content (AvgIpc) is 2.92. The van der Waals surface area contributed by atoms with Gasteiger partial charge >= 0.3 is 24.0 Å². The quantitative estimate of drug-likeness (QED) is 0.148. The number of halogens is 6. The third-order valence-electron chi connectivity index (χ3n) is 5.74. The van der Waals surface area contributed by atoms with E-state index in [4.69, 9.17) is 5.73 Å². The average molecular weight is 655 g/mol. The van der Waals surface area contributed by atoms with E-state index >= 15 is 0 Å². The number of esters is 1. The number of rotatable bonds is 7. The standard InChI is InChI=1S/C13H12F3N3O5S.C12H12F3NO3/c1-3-10(20)6-4-7-9(5-8(6)13(14,15)16)17-12(22)19(11(7)21)18-25(2,23)24;1-3-10(17)6-4-7(11(18)19-2)9(16)5-8(6)12(13,14)15/h4-5,18H,3H2,1-2H3,(H,17,22);4-5H,3,16H2,1-2H3. The maximum Gasteiger partial charge on any atom is 0.417 e. The minimum absolute atomic E-state index is 0.102. The number of hydrogen-bond acceptors (Lipinski definition) is 9. The maximum absolute atomic E-state index is 13.2. The number of fused-ring (bicyclic) bond motifs is 1. The number of aromatic amines is 1. The Balaban J connectivity index is 0.000000319. The number of aromatic nitrogens is 2. The van der Waals surface area contributed by atoms with Crippen molar-refractivity contribution in [3.8, 4) is 0 Å². The van der Waals surface area contributed by atoms with Gasteiger partial charge in [-0.2, -0.15) is 31.0 Å². The van der Waals surface area contributed by atoms with Crippen LogP contribution in [-0.2, 0) is 27.1 Å². The molecule has 0 fully saturated rings. The van der Waals surface area contributed by atoms with Gasteiger partial charge in [-0.1, -0.05) is 13.8 Å². The molecule has 3 rings (SSSR count). The number of nitrogens with zero attached hydrogens (tertiary/aromatic N) is 1. The van der Waals surface area contributed by atoms with Crippen molar-refractivity contribution in [1.29, 1.82) is 0 Å². The molecule has 0 radical (unpaired) electrons. The Hall–Kier alpha value is -4.68. The predicted molar refractivity (Wildman–Crippen MR) is 144 cm³/mol. The molecule has 2 aromatic carbocycles. The Morgan fingerprint density at radius 1 is 0.886 bits per heavy atom. The highest BCUT2D eigenvalue weighted by atomic mass is 32.2. The molecule has 1 aromatic heterocycles. The summed E-state index contributed by atoms with van der Waals surface area (Å²) in [5.41, 5.74) is -1.96. The van der Waals surface area contributed by atoms with Crippen LogP contribution in [0.1, 0.15) is 68.9 Å².